The van der Waals surface area contributed by atoms with Gasteiger partial charge in [0.25, 0.3) is 0 Å². The highest BCUT2D eigenvalue weighted by molar-refractivity contribution is 7.99. The third-order valence-corrected chi connectivity index (χ3v) is 5.69. The Kier molecular flexibility index (Phi) is 6.51. The maximum atomic E-state index is 11.9. The molecule has 110 valence electrons. The first-order valence-electron chi connectivity index (χ1n) is 7.85. The Morgan fingerprint density at radius 3 is 2.63 bits per heavy atom. The first-order valence-corrected chi connectivity index (χ1v) is 9.01. The topological polar surface area (TPSA) is 41.1 Å². The zero-order valence-corrected chi connectivity index (χ0v) is 12.9. The van der Waals surface area contributed by atoms with Gasteiger partial charge >= 0.3 is 0 Å². The number of rotatable bonds is 5. The zero-order chi connectivity index (χ0) is 13.5. The Morgan fingerprint density at radius 2 is 2.00 bits per heavy atom. The van der Waals surface area contributed by atoms with E-state index < -0.39 is 0 Å². The van der Waals surface area contributed by atoms with Gasteiger partial charge in [-0.1, -0.05) is 26.2 Å². The van der Waals surface area contributed by atoms with Crippen LogP contribution in [0.5, 0.6) is 0 Å². The lowest BCUT2D eigenvalue weighted by Crippen LogP contribution is -2.42. The Morgan fingerprint density at radius 1 is 1.26 bits per heavy atom. The minimum absolute atomic E-state index is 0.234. The number of carbonyl (C=O) groups excluding carboxylic acids is 1. The third kappa shape index (κ3) is 5.35. The summed E-state index contributed by atoms with van der Waals surface area (Å²) in [5.74, 6) is 4.15. The van der Waals surface area contributed by atoms with Crippen LogP contribution < -0.4 is 10.6 Å². The normalized spacial score (nSPS) is 31.9. The SMILES string of the molecule is CCC1CCC(CNC(=O)CC2CSCCN2)CC1. The molecule has 1 heterocycles. The standard InChI is InChI=1S/C15H28N2OS/c1-2-12-3-5-13(6-4-12)10-17-15(18)9-14-11-19-8-7-16-14/h12-14,16H,2-11H2,1H3,(H,17,18). The summed E-state index contributed by atoms with van der Waals surface area (Å²) in [6, 6.07) is 0.384. The van der Waals surface area contributed by atoms with Crippen molar-refractivity contribution in [3.05, 3.63) is 0 Å². The summed E-state index contributed by atoms with van der Waals surface area (Å²) in [6.45, 7) is 4.24. The molecule has 0 radical (unpaired) electrons. The number of amides is 1. The molecule has 19 heavy (non-hydrogen) atoms. The van der Waals surface area contributed by atoms with Crippen LogP contribution in [0.4, 0.5) is 0 Å². The molecule has 1 aliphatic carbocycles. The van der Waals surface area contributed by atoms with Crippen molar-refractivity contribution in [3.8, 4) is 0 Å². The van der Waals surface area contributed by atoms with Crippen molar-refractivity contribution in [1.29, 1.82) is 0 Å². The van der Waals surface area contributed by atoms with Crippen molar-refractivity contribution in [1.82, 2.24) is 10.6 Å². The van der Waals surface area contributed by atoms with Crippen molar-refractivity contribution in [2.45, 2.75) is 51.5 Å². The summed E-state index contributed by atoms with van der Waals surface area (Å²) in [5, 5.41) is 6.56. The van der Waals surface area contributed by atoms with Gasteiger partial charge in [0.2, 0.25) is 5.91 Å². The van der Waals surface area contributed by atoms with Crippen LogP contribution >= 0.6 is 11.8 Å². The van der Waals surface area contributed by atoms with Gasteiger partial charge in [-0.3, -0.25) is 4.79 Å². The number of thioether (sulfide) groups is 1. The minimum Gasteiger partial charge on any atom is -0.356 e. The second-order valence-electron chi connectivity index (χ2n) is 6.03. The van der Waals surface area contributed by atoms with Crippen LogP contribution in [0.2, 0.25) is 0 Å². The lowest BCUT2D eigenvalue weighted by Gasteiger charge is -2.28. The molecule has 0 aromatic carbocycles. The van der Waals surface area contributed by atoms with Crippen LogP contribution in [0.3, 0.4) is 0 Å². The molecule has 2 aliphatic rings. The molecule has 1 saturated heterocycles. The van der Waals surface area contributed by atoms with Gasteiger partial charge in [0.15, 0.2) is 0 Å². The van der Waals surface area contributed by atoms with Crippen LogP contribution in [-0.4, -0.2) is 36.5 Å². The Bertz CT molecular complexity index is 271. The van der Waals surface area contributed by atoms with Gasteiger partial charge in [0.05, 0.1) is 0 Å². The second kappa shape index (κ2) is 8.15. The largest absolute Gasteiger partial charge is 0.356 e. The maximum absolute atomic E-state index is 11.9. The van der Waals surface area contributed by atoms with Gasteiger partial charge in [-0.05, 0) is 24.7 Å². The van der Waals surface area contributed by atoms with Gasteiger partial charge in [-0.2, -0.15) is 11.8 Å². The molecule has 0 aromatic rings. The Balaban J connectivity index is 1.58. The van der Waals surface area contributed by atoms with E-state index in [1.54, 1.807) is 0 Å². The molecule has 1 atom stereocenters. The summed E-state index contributed by atoms with van der Waals surface area (Å²) in [7, 11) is 0. The first kappa shape index (κ1) is 15.2. The van der Waals surface area contributed by atoms with Crippen molar-refractivity contribution in [2.24, 2.45) is 11.8 Å². The van der Waals surface area contributed by atoms with Crippen molar-refractivity contribution in [3.63, 3.8) is 0 Å². The predicted molar refractivity (Wildman–Crippen MR) is 82.5 cm³/mol. The van der Waals surface area contributed by atoms with E-state index in [1.807, 2.05) is 11.8 Å². The average Bonchev–Trinajstić information content (AvgIpc) is 2.47. The molecular weight excluding hydrogens is 256 g/mol. The summed E-state index contributed by atoms with van der Waals surface area (Å²) in [6.07, 6.45) is 7.30. The van der Waals surface area contributed by atoms with Crippen LogP contribution in [-0.2, 0) is 4.79 Å². The first-order chi connectivity index (χ1) is 9.28. The number of nitrogens with one attached hydrogen (secondary N) is 2. The molecule has 4 heteroatoms. The van der Waals surface area contributed by atoms with Crippen molar-refractivity contribution in [2.75, 3.05) is 24.6 Å². The van der Waals surface area contributed by atoms with Gasteiger partial charge in [0.1, 0.15) is 0 Å². The van der Waals surface area contributed by atoms with Crippen molar-refractivity contribution >= 4 is 17.7 Å². The fraction of sp³-hybridized carbons (Fsp3) is 0.933. The molecule has 0 aromatic heterocycles. The van der Waals surface area contributed by atoms with Crippen LogP contribution in [0, 0.1) is 11.8 Å². The molecule has 1 unspecified atom stereocenters. The van der Waals surface area contributed by atoms with E-state index in [2.05, 4.69) is 17.6 Å². The molecule has 2 fully saturated rings. The van der Waals surface area contributed by atoms with Gasteiger partial charge in [-0.25, -0.2) is 0 Å². The van der Waals surface area contributed by atoms with Crippen LogP contribution in [0.25, 0.3) is 0 Å². The van der Waals surface area contributed by atoms with E-state index in [4.69, 9.17) is 0 Å². The van der Waals surface area contributed by atoms with Crippen LogP contribution in [0.15, 0.2) is 0 Å². The van der Waals surface area contributed by atoms with Gasteiger partial charge in [0, 0.05) is 37.1 Å². The van der Waals surface area contributed by atoms with E-state index in [0.717, 1.165) is 30.7 Å². The fourth-order valence-electron chi connectivity index (χ4n) is 3.15. The van der Waals surface area contributed by atoms with E-state index in [9.17, 15) is 4.79 Å². The summed E-state index contributed by atoms with van der Waals surface area (Å²) in [4.78, 5) is 11.9. The lowest BCUT2D eigenvalue weighted by molar-refractivity contribution is -0.121. The van der Waals surface area contributed by atoms with Gasteiger partial charge in [-0.15, -0.1) is 0 Å². The summed E-state index contributed by atoms with van der Waals surface area (Å²) < 4.78 is 0. The molecule has 1 aliphatic heterocycles. The fourth-order valence-corrected chi connectivity index (χ4v) is 4.10. The molecule has 0 spiro atoms. The predicted octanol–water partition coefficient (Wildman–Crippen LogP) is 2.41. The highest BCUT2D eigenvalue weighted by Gasteiger charge is 2.21. The smallest absolute Gasteiger partial charge is 0.221 e. The van der Waals surface area contributed by atoms with E-state index in [1.165, 1.54) is 37.9 Å². The highest BCUT2D eigenvalue weighted by atomic mass is 32.2. The number of hydrogen-bond acceptors (Lipinski definition) is 3. The second-order valence-corrected chi connectivity index (χ2v) is 7.18. The maximum Gasteiger partial charge on any atom is 0.221 e. The third-order valence-electron chi connectivity index (χ3n) is 4.56. The zero-order valence-electron chi connectivity index (χ0n) is 12.1. The van der Waals surface area contributed by atoms with Crippen molar-refractivity contribution < 1.29 is 4.79 Å². The highest BCUT2D eigenvalue weighted by Crippen LogP contribution is 2.30. The quantitative estimate of drug-likeness (QED) is 0.814. The molecule has 1 saturated carbocycles. The Hall–Kier alpha value is -0.220. The van der Waals surface area contributed by atoms with Crippen LogP contribution in [0.1, 0.15) is 45.4 Å². The molecule has 1 amide bonds. The number of hydrogen-bond donors (Lipinski definition) is 2. The molecular formula is C15H28N2OS. The number of carbonyl (C=O) groups is 1. The molecule has 3 nitrogen and oxygen atoms in total. The van der Waals surface area contributed by atoms with Gasteiger partial charge < -0.3 is 10.6 Å². The molecule has 2 N–H and O–H groups in total. The monoisotopic (exact) mass is 284 g/mol. The lowest BCUT2D eigenvalue weighted by atomic mass is 9.81. The summed E-state index contributed by atoms with van der Waals surface area (Å²) in [5.41, 5.74) is 0. The van der Waals surface area contributed by atoms with E-state index in [0.29, 0.717) is 12.5 Å². The average molecular weight is 284 g/mol. The molecule has 0 bridgehead atoms. The minimum atomic E-state index is 0.234. The molecule has 2 rings (SSSR count). The van der Waals surface area contributed by atoms with E-state index >= 15 is 0 Å². The summed E-state index contributed by atoms with van der Waals surface area (Å²) >= 11 is 1.95. The Labute approximate surface area is 121 Å². The van der Waals surface area contributed by atoms with E-state index in [-0.39, 0.29) is 5.91 Å².